The number of aromatic nitrogens is 1. The number of hydrogen-bond acceptors (Lipinski definition) is 7. The van der Waals surface area contributed by atoms with Crippen molar-refractivity contribution in [1.29, 1.82) is 0 Å². The largest absolute Gasteiger partial charge is 0.497 e. The van der Waals surface area contributed by atoms with E-state index in [1.165, 1.54) is 18.4 Å². The summed E-state index contributed by atoms with van der Waals surface area (Å²) in [5, 5.41) is 7.36. The van der Waals surface area contributed by atoms with Crippen molar-refractivity contribution in [3.05, 3.63) is 64.5 Å². The number of methoxy groups -OCH3 is 1. The topological polar surface area (TPSA) is 127 Å². The number of amides is 4. The molecule has 32 heavy (non-hydrogen) atoms. The van der Waals surface area contributed by atoms with Gasteiger partial charge >= 0.3 is 6.03 Å². The lowest BCUT2D eigenvalue weighted by Gasteiger charge is -2.31. The molecular formula is C22H19N5O4S. The van der Waals surface area contributed by atoms with Gasteiger partial charge in [-0.3, -0.25) is 14.9 Å². The van der Waals surface area contributed by atoms with Gasteiger partial charge in [-0.2, -0.15) is 0 Å². The SMILES string of the molecule is COc1ccc2c(c1)C(=O)N(C[C@@]1(c3ccc(-c4csc(N)n4)cc3)NC(=O)NC1=O)C2. The number of nitrogens with zero attached hydrogens (tertiary/aromatic N) is 2. The summed E-state index contributed by atoms with van der Waals surface area (Å²) in [5.74, 6) is -0.143. The molecule has 3 aromatic rings. The Balaban J connectivity index is 1.48. The number of anilines is 1. The van der Waals surface area contributed by atoms with Crippen LogP contribution in [0.25, 0.3) is 11.3 Å². The second-order valence-corrected chi connectivity index (χ2v) is 8.54. The van der Waals surface area contributed by atoms with Crippen molar-refractivity contribution in [2.24, 2.45) is 0 Å². The first-order valence-electron chi connectivity index (χ1n) is 9.81. The van der Waals surface area contributed by atoms with E-state index in [0.717, 1.165) is 16.8 Å². The number of nitrogens with one attached hydrogen (secondary N) is 2. The zero-order chi connectivity index (χ0) is 22.5. The first-order valence-corrected chi connectivity index (χ1v) is 10.7. The molecule has 10 heteroatoms. The number of hydrogen-bond donors (Lipinski definition) is 3. The van der Waals surface area contributed by atoms with E-state index in [2.05, 4.69) is 15.6 Å². The Hall–Kier alpha value is -3.92. The van der Waals surface area contributed by atoms with Crippen LogP contribution < -0.4 is 21.1 Å². The minimum atomic E-state index is -1.40. The van der Waals surface area contributed by atoms with Crippen LogP contribution in [0, 0.1) is 0 Å². The number of nitrogens with two attached hydrogens (primary N) is 1. The average molecular weight is 449 g/mol. The Morgan fingerprint density at radius 2 is 1.97 bits per heavy atom. The smallest absolute Gasteiger partial charge is 0.322 e. The number of urea groups is 1. The highest BCUT2D eigenvalue weighted by atomic mass is 32.1. The summed E-state index contributed by atoms with van der Waals surface area (Å²) in [6, 6.07) is 11.9. The maximum Gasteiger partial charge on any atom is 0.322 e. The standard InChI is InChI=1S/C22H19N5O4S/c1-31-15-7-4-13-9-27(18(28)16(13)8-15)11-22(19(29)25-21(30)26-22)14-5-2-12(3-6-14)17-10-32-20(23)24-17/h2-8,10H,9,11H2,1H3,(H2,23,24)(H2,25,26,29,30)/t22-/m0/s1. The molecule has 0 unspecified atom stereocenters. The van der Waals surface area contributed by atoms with E-state index in [9.17, 15) is 14.4 Å². The number of imide groups is 1. The van der Waals surface area contributed by atoms with Crippen LogP contribution in [0.1, 0.15) is 21.5 Å². The third-order valence-corrected chi connectivity index (χ3v) is 6.43. The molecule has 5 rings (SSSR count). The van der Waals surface area contributed by atoms with E-state index in [1.807, 2.05) is 23.6 Å². The van der Waals surface area contributed by atoms with Crippen LogP contribution in [0.2, 0.25) is 0 Å². The molecule has 1 saturated heterocycles. The highest BCUT2D eigenvalue weighted by Crippen LogP contribution is 2.33. The lowest BCUT2D eigenvalue weighted by molar-refractivity contribution is -0.124. The first kappa shape index (κ1) is 20.0. The molecule has 2 aliphatic rings. The van der Waals surface area contributed by atoms with Crippen LogP contribution >= 0.6 is 11.3 Å². The Labute approximate surface area is 187 Å². The van der Waals surface area contributed by atoms with Crippen LogP contribution in [0.5, 0.6) is 5.75 Å². The third kappa shape index (κ3) is 3.16. The van der Waals surface area contributed by atoms with Crippen molar-refractivity contribution in [3.8, 4) is 17.0 Å². The fourth-order valence-electron chi connectivity index (χ4n) is 4.12. The van der Waals surface area contributed by atoms with Crippen molar-refractivity contribution in [1.82, 2.24) is 20.5 Å². The highest BCUT2D eigenvalue weighted by molar-refractivity contribution is 7.13. The molecule has 3 heterocycles. The summed E-state index contributed by atoms with van der Waals surface area (Å²) in [5.41, 5.74) is 7.81. The van der Waals surface area contributed by atoms with E-state index in [4.69, 9.17) is 10.5 Å². The van der Waals surface area contributed by atoms with Crippen LogP contribution in [0.15, 0.2) is 47.8 Å². The molecule has 162 valence electrons. The number of nitrogen functional groups attached to an aromatic ring is 1. The van der Waals surface area contributed by atoms with Gasteiger partial charge in [-0.15, -0.1) is 11.3 Å². The number of fused-ring (bicyclic) bond motifs is 1. The van der Waals surface area contributed by atoms with Gasteiger partial charge in [-0.05, 0) is 23.3 Å². The molecular weight excluding hydrogens is 430 g/mol. The second kappa shape index (κ2) is 7.34. The minimum absolute atomic E-state index is 0.0105. The van der Waals surface area contributed by atoms with Crippen molar-refractivity contribution in [2.75, 3.05) is 19.4 Å². The summed E-state index contributed by atoms with van der Waals surface area (Å²) < 4.78 is 5.22. The molecule has 9 nitrogen and oxygen atoms in total. The molecule has 1 aromatic heterocycles. The Morgan fingerprint density at radius 1 is 1.19 bits per heavy atom. The molecule has 0 aliphatic carbocycles. The number of rotatable bonds is 5. The molecule has 1 fully saturated rings. The fourth-order valence-corrected chi connectivity index (χ4v) is 4.70. The molecule has 2 aliphatic heterocycles. The number of ether oxygens (including phenoxy) is 1. The normalized spacial score (nSPS) is 19.7. The summed E-state index contributed by atoms with van der Waals surface area (Å²) in [4.78, 5) is 43.9. The monoisotopic (exact) mass is 449 g/mol. The zero-order valence-corrected chi connectivity index (χ0v) is 17.9. The van der Waals surface area contributed by atoms with Gasteiger partial charge in [0.15, 0.2) is 10.7 Å². The molecule has 4 amide bonds. The quantitative estimate of drug-likeness (QED) is 0.512. The third-order valence-electron chi connectivity index (χ3n) is 5.76. The Morgan fingerprint density at radius 3 is 2.59 bits per heavy atom. The van der Waals surface area contributed by atoms with Gasteiger partial charge in [-0.1, -0.05) is 30.3 Å². The van der Waals surface area contributed by atoms with Gasteiger partial charge in [0.25, 0.3) is 11.8 Å². The number of carbonyl (C=O) groups excluding carboxylic acids is 3. The molecule has 0 spiro atoms. The Kier molecular flexibility index (Phi) is 4.59. The summed E-state index contributed by atoms with van der Waals surface area (Å²) in [6.07, 6.45) is 0. The van der Waals surface area contributed by atoms with Gasteiger partial charge in [0, 0.05) is 23.1 Å². The van der Waals surface area contributed by atoms with E-state index >= 15 is 0 Å². The second-order valence-electron chi connectivity index (χ2n) is 7.65. The summed E-state index contributed by atoms with van der Waals surface area (Å²) in [7, 11) is 1.54. The van der Waals surface area contributed by atoms with Crippen LogP contribution in [0.4, 0.5) is 9.93 Å². The maximum atomic E-state index is 13.1. The van der Waals surface area contributed by atoms with Crippen molar-refractivity contribution >= 4 is 34.3 Å². The maximum absolute atomic E-state index is 13.1. The van der Waals surface area contributed by atoms with Crippen LogP contribution in [0.3, 0.4) is 0 Å². The first-order chi connectivity index (χ1) is 15.4. The molecule has 0 radical (unpaired) electrons. The van der Waals surface area contributed by atoms with E-state index < -0.39 is 17.5 Å². The number of carbonyl (C=O) groups is 3. The molecule has 0 bridgehead atoms. The fraction of sp³-hybridized carbons (Fsp3) is 0.182. The van der Waals surface area contributed by atoms with E-state index in [-0.39, 0.29) is 12.5 Å². The highest BCUT2D eigenvalue weighted by Gasteiger charge is 2.50. The predicted octanol–water partition coefficient (Wildman–Crippen LogP) is 2.09. The van der Waals surface area contributed by atoms with Gasteiger partial charge in [0.05, 0.1) is 19.3 Å². The van der Waals surface area contributed by atoms with Crippen molar-refractivity contribution in [3.63, 3.8) is 0 Å². The van der Waals surface area contributed by atoms with Gasteiger partial charge < -0.3 is 20.7 Å². The molecule has 1 atom stereocenters. The lowest BCUT2D eigenvalue weighted by atomic mass is 9.88. The summed E-state index contributed by atoms with van der Waals surface area (Å²) in [6.45, 7) is 0.322. The van der Waals surface area contributed by atoms with Gasteiger partial charge in [-0.25, -0.2) is 9.78 Å². The Bertz CT molecular complexity index is 1260. The number of benzene rings is 2. The van der Waals surface area contributed by atoms with Crippen LogP contribution in [-0.4, -0.2) is 41.4 Å². The number of thiazole rings is 1. The predicted molar refractivity (Wildman–Crippen MR) is 118 cm³/mol. The average Bonchev–Trinajstić information content (AvgIpc) is 3.44. The summed E-state index contributed by atoms with van der Waals surface area (Å²) >= 11 is 1.34. The lowest BCUT2D eigenvalue weighted by Crippen LogP contribution is -2.52. The van der Waals surface area contributed by atoms with Gasteiger partial charge in [0.1, 0.15) is 5.75 Å². The molecule has 2 aromatic carbocycles. The minimum Gasteiger partial charge on any atom is -0.497 e. The van der Waals surface area contributed by atoms with Crippen molar-refractivity contribution in [2.45, 2.75) is 12.1 Å². The molecule has 0 saturated carbocycles. The zero-order valence-electron chi connectivity index (χ0n) is 17.0. The van der Waals surface area contributed by atoms with Crippen molar-refractivity contribution < 1.29 is 19.1 Å². The molecule has 4 N–H and O–H groups in total. The van der Waals surface area contributed by atoms with E-state index in [1.54, 1.807) is 29.2 Å². The van der Waals surface area contributed by atoms with E-state index in [0.29, 0.717) is 28.6 Å². The van der Waals surface area contributed by atoms with Crippen LogP contribution in [-0.2, 0) is 16.9 Å². The van der Waals surface area contributed by atoms with Gasteiger partial charge in [0.2, 0.25) is 0 Å².